The minimum atomic E-state index is -0.413. The van der Waals surface area contributed by atoms with Gasteiger partial charge < -0.3 is 15.0 Å². The Hall–Kier alpha value is -2.70. The summed E-state index contributed by atoms with van der Waals surface area (Å²) in [6.45, 7) is 3.41. The second-order valence-electron chi connectivity index (χ2n) is 9.01. The van der Waals surface area contributed by atoms with E-state index in [0.29, 0.717) is 25.3 Å². The van der Waals surface area contributed by atoms with E-state index >= 15 is 0 Å². The van der Waals surface area contributed by atoms with Crippen LogP contribution in [0, 0.1) is 5.41 Å². The standard InChI is InChI=1S/C26H33N3O3/c1-27-24(30)22-10-6-9-21(17-22)23-19-29(14-13-28(23)2)25(31)26(11-15-32-16-12-26)18-20-7-4-3-5-8-20/h3-10,17,23H,11-16,18-19H2,1-2H3,(H,27,30)/t23-/m0/s1. The van der Waals surface area contributed by atoms with Crippen molar-refractivity contribution in [3.05, 3.63) is 71.3 Å². The minimum Gasteiger partial charge on any atom is -0.381 e. The number of hydrogen-bond donors (Lipinski definition) is 1. The van der Waals surface area contributed by atoms with Crippen molar-refractivity contribution < 1.29 is 14.3 Å². The summed E-state index contributed by atoms with van der Waals surface area (Å²) in [7, 11) is 3.73. The Labute approximate surface area is 190 Å². The fourth-order valence-corrected chi connectivity index (χ4v) is 5.00. The number of ether oxygens (including phenoxy) is 1. The zero-order valence-electron chi connectivity index (χ0n) is 19.0. The van der Waals surface area contributed by atoms with Crippen molar-refractivity contribution >= 4 is 11.8 Å². The van der Waals surface area contributed by atoms with Crippen LogP contribution in [-0.2, 0) is 16.0 Å². The van der Waals surface area contributed by atoms with Crippen LogP contribution >= 0.6 is 0 Å². The van der Waals surface area contributed by atoms with Gasteiger partial charge in [0.05, 0.1) is 11.5 Å². The molecule has 2 aliphatic rings. The Morgan fingerprint density at radius 1 is 1.06 bits per heavy atom. The van der Waals surface area contributed by atoms with Gasteiger partial charge in [-0.05, 0) is 49.6 Å². The molecule has 0 spiro atoms. The topological polar surface area (TPSA) is 61.9 Å². The summed E-state index contributed by atoms with van der Waals surface area (Å²) >= 11 is 0. The molecule has 0 radical (unpaired) electrons. The molecule has 1 N–H and O–H groups in total. The third kappa shape index (κ3) is 4.71. The summed E-state index contributed by atoms with van der Waals surface area (Å²) < 4.78 is 5.64. The van der Waals surface area contributed by atoms with Crippen LogP contribution in [0.1, 0.15) is 40.4 Å². The SMILES string of the molecule is CNC(=O)c1cccc([C@@H]2CN(C(=O)C3(Cc4ccccc4)CCOCC3)CCN2C)c1. The number of nitrogens with zero attached hydrogens (tertiary/aromatic N) is 2. The second kappa shape index (κ2) is 9.84. The Morgan fingerprint density at radius 3 is 2.53 bits per heavy atom. The van der Waals surface area contributed by atoms with Crippen molar-refractivity contribution in [3.63, 3.8) is 0 Å². The van der Waals surface area contributed by atoms with Gasteiger partial charge in [-0.1, -0.05) is 42.5 Å². The maximum absolute atomic E-state index is 14.0. The van der Waals surface area contributed by atoms with Crippen LogP contribution in [0.5, 0.6) is 0 Å². The molecule has 2 aromatic rings. The van der Waals surface area contributed by atoms with E-state index in [0.717, 1.165) is 37.9 Å². The largest absolute Gasteiger partial charge is 0.381 e. The van der Waals surface area contributed by atoms with Gasteiger partial charge in [-0.2, -0.15) is 0 Å². The fourth-order valence-electron chi connectivity index (χ4n) is 5.00. The maximum Gasteiger partial charge on any atom is 0.251 e. The number of likely N-dealkylation sites (N-methyl/N-ethyl adjacent to an activating group) is 1. The van der Waals surface area contributed by atoms with E-state index in [9.17, 15) is 9.59 Å². The molecule has 32 heavy (non-hydrogen) atoms. The van der Waals surface area contributed by atoms with Crippen molar-refractivity contribution in [3.8, 4) is 0 Å². The molecule has 0 unspecified atom stereocenters. The first-order chi connectivity index (χ1) is 15.5. The van der Waals surface area contributed by atoms with E-state index < -0.39 is 5.41 Å². The predicted octanol–water partition coefficient (Wildman–Crippen LogP) is 2.90. The third-order valence-corrected chi connectivity index (χ3v) is 6.98. The Kier molecular flexibility index (Phi) is 6.92. The molecule has 4 rings (SSSR count). The Balaban J connectivity index is 1.57. The molecule has 0 bridgehead atoms. The minimum absolute atomic E-state index is 0.0610. The smallest absolute Gasteiger partial charge is 0.251 e. The quantitative estimate of drug-likeness (QED) is 0.785. The lowest BCUT2D eigenvalue weighted by Gasteiger charge is -2.45. The van der Waals surface area contributed by atoms with Gasteiger partial charge in [0.1, 0.15) is 0 Å². The first kappa shape index (κ1) is 22.5. The van der Waals surface area contributed by atoms with Gasteiger partial charge in [0, 0.05) is 45.5 Å². The molecule has 0 aromatic heterocycles. The summed E-state index contributed by atoms with van der Waals surface area (Å²) in [5.74, 6) is 0.146. The summed E-state index contributed by atoms with van der Waals surface area (Å²) in [5, 5.41) is 2.69. The van der Waals surface area contributed by atoms with Crippen molar-refractivity contribution in [1.29, 1.82) is 0 Å². The monoisotopic (exact) mass is 435 g/mol. The van der Waals surface area contributed by atoms with Crippen LogP contribution in [0.4, 0.5) is 0 Å². The lowest BCUT2D eigenvalue weighted by Crippen LogP contribution is -2.55. The molecule has 2 saturated heterocycles. The summed E-state index contributed by atoms with van der Waals surface area (Å²) in [6.07, 6.45) is 2.26. The van der Waals surface area contributed by atoms with Crippen molar-refractivity contribution in [2.45, 2.75) is 25.3 Å². The van der Waals surface area contributed by atoms with Crippen molar-refractivity contribution in [1.82, 2.24) is 15.1 Å². The number of carbonyl (C=O) groups excluding carboxylic acids is 2. The highest BCUT2D eigenvalue weighted by Gasteiger charge is 2.44. The van der Waals surface area contributed by atoms with Gasteiger partial charge in [0.2, 0.25) is 5.91 Å². The summed E-state index contributed by atoms with van der Waals surface area (Å²) in [4.78, 5) is 30.4. The lowest BCUT2D eigenvalue weighted by molar-refractivity contribution is -0.151. The lowest BCUT2D eigenvalue weighted by atomic mass is 9.73. The molecule has 170 valence electrons. The molecule has 1 atom stereocenters. The van der Waals surface area contributed by atoms with E-state index in [2.05, 4.69) is 35.5 Å². The summed E-state index contributed by atoms with van der Waals surface area (Å²) in [6, 6.07) is 18.1. The molecule has 2 fully saturated rings. The van der Waals surface area contributed by atoms with Gasteiger partial charge in [0.25, 0.3) is 5.91 Å². The van der Waals surface area contributed by atoms with Gasteiger partial charge in [-0.3, -0.25) is 14.5 Å². The molecule has 0 aliphatic carbocycles. The van der Waals surface area contributed by atoms with E-state index in [1.807, 2.05) is 41.3 Å². The Morgan fingerprint density at radius 2 is 1.81 bits per heavy atom. The number of carbonyl (C=O) groups is 2. The van der Waals surface area contributed by atoms with Crippen molar-refractivity contribution in [2.24, 2.45) is 5.41 Å². The number of benzene rings is 2. The second-order valence-corrected chi connectivity index (χ2v) is 9.01. The Bertz CT molecular complexity index is 940. The molecular weight excluding hydrogens is 402 g/mol. The van der Waals surface area contributed by atoms with E-state index in [1.54, 1.807) is 7.05 Å². The van der Waals surface area contributed by atoms with Crippen molar-refractivity contribution in [2.75, 3.05) is 46.9 Å². The van der Waals surface area contributed by atoms with E-state index in [4.69, 9.17) is 4.74 Å². The molecule has 2 amide bonds. The van der Waals surface area contributed by atoms with E-state index in [1.165, 1.54) is 5.56 Å². The third-order valence-electron chi connectivity index (χ3n) is 6.98. The van der Waals surface area contributed by atoms with Crippen LogP contribution in [0.3, 0.4) is 0 Å². The fraction of sp³-hybridized carbons (Fsp3) is 0.462. The average Bonchev–Trinajstić information content (AvgIpc) is 2.84. The zero-order valence-corrected chi connectivity index (χ0v) is 19.0. The first-order valence-electron chi connectivity index (χ1n) is 11.5. The molecule has 2 heterocycles. The maximum atomic E-state index is 14.0. The van der Waals surface area contributed by atoms with Crippen LogP contribution < -0.4 is 5.32 Å². The molecule has 2 aromatic carbocycles. The molecule has 6 heteroatoms. The summed E-state index contributed by atoms with van der Waals surface area (Å²) in [5.41, 5.74) is 2.50. The van der Waals surface area contributed by atoms with Crippen LogP contribution in [0.2, 0.25) is 0 Å². The van der Waals surface area contributed by atoms with Crippen LogP contribution in [0.15, 0.2) is 54.6 Å². The number of amides is 2. The molecule has 2 aliphatic heterocycles. The first-order valence-corrected chi connectivity index (χ1v) is 11.5. The number of hydrogen-bond acceptors (Lipinski definition) is 4. The number of piperazine rings is 1. The number of nitrogens with one attached hydrogen (secondary N) is 1. The molecule has 0 saturated carbocycles. The highest BCUT2D eigenvalue weighted by atomic mass is 16.5. The van der Waals surface area contributed by atoms with Gasteiger partial charge in [-0.25, -0.2) is 0 Å². The average molecular weight is 436 g/mol. The van der Waals surface area contributed by atoms with Crippen LogP contribution in [0.25, 0.3) is 0 Å². The predicted molar refractivity (Wildman–Crippen MR) is 124 cm³/mol. The highest BCUT2D eigenvalue weighted by molar-refractivity contribution is 5.94. The van der Waals surface area contributed by atoms with Gasteiger partial charge >= 0.3 is 0 Å². The highest BCUT2D eigenvalue weighted by Crippen LogP contribution is 2.38. The zero-order chi connectivity index (χ0) is 22.6. The van der Waals surface area contributed by atoms with Gasteiger partial charge in [-0.15, -0.1) is 0 Å². The number of rotatable bonds is 5. The van der Waals surface area contributed by atoms with Gasteiger partial charge in [0.15, 0.2) is 0 Å². The van der Waals surface area contributed by atoms with E-state index in [-0.39, 0.29) is 17.9 Å². The molecule has 6 nitrogen and oxygen atoms in total. The van der Waals surface area contributed by atoms with Crippen LogP contribution in [-0.4, -0.2) is 68.6 Å². The normalized spacial score (nSPS) is 21.2. The molecular formula is C26H33N3O3.